The number of nitrogens with one attached hydrogen (secondary N) is 1. The Morgan fingerprint density at radius 1 is 1.11 bits per heavy atom. The smallest absolute Gasteiger partial charge is 0.223 e. The minimum Gasteiger partial charge on any atom is -0.356 e. The molecule has 0 spiro atoms. The third-order valence-electron chi connectivity index (χ3n) is 3.78. The minimum absolute atomic E-state index is 0.159. The molecule has 0 unspecified atom stereocenters. The van der Waals surface area contributed by atoms with Crippen LogP contribution in [0.1, 0.15) is 36.8 Å². The first-order valence-electron chi connectivity index (χ1n) is 7.21. The number of benzene rings is 1. The second-order valence-electron chi connectivity index (χ2n) is 5.27. The number of hydrogen-bond acceptors (Lipinski definition) is 1. The summed E-state index contributed by atoms with van der Waals surface area (Å²) in [6.45, 7) is 0.840. The van der Waals surface area contributed by atoms with Crippen molar-refractivity contribution < 1.29 is 4.79 Å². The molecule has 0 heterocycles. The molecule has 0 aromatic heterocycles. The van der Waals surface area contributed by atoms with E-state index in [4.69, 9.17) is 0 Å². The third kappa shape index (κ3) is 4.48. The van der Waals surface area contributed by atoms with Crippen molar-refractivity contribution in [2.75, 3.05) is 11.0 Å². The molecule has 19 heavy (non-hydrogen) atoms. The van der Waals surface area contributed by atoms with E-state index in [1.807, 2.05) is 0 Å². The SMILES string of the molecule is O=C(NCCCCCCI)C1Cc2ccccc2C1. The zero-order valence-corrected chi connectivity index (χ0v) is 13.5. The molecular weight excluding hydrogens is 349 g/mol. The Labute approximate surface area is 129 Å². The van der Waals surface area contributed by atoms with Crippen LogP contribution in [0.2, 0.25) is 0 Å². The van der Waals surface area contributed by atoms with Crippen LogP contribution in [0.3, 0.4) is 0 Å². The van der Waals surface area contributed by atoms with Gasteiger partial charge in [0.1, 0.15) is 0 Å². The van der Waals surface area contributed by atoms with E-state index in [0.29, 0.717) is 0 Å². The lowest BCUT2D eigenvalue weighted by molar-refractivity contribution is -0.124. The summed E-state index contributed by atoms with van der Waals surface area (Å²) in [4.78, 5) is 12.1. The standard InChI is InChI=1S/C16H22INO/c17-9-5-1-2-6-10-18-16(19)15-11-13-7-3-4-8-14(13)12-15/h3-4,7-8,15H,1-2,5-6,9-12H2,(H,18,19). The average molecular weight is 371 g/mol. The van der Waals surface area contributed by atoms with Gasteiger partial charge in [-0.25, -0.2) is 0 Å². The van der Waals surface area contributed by atoms with Crippen LogP contribution in [-0.2, 0) is 17.6 Å². The maximum Gasteiger partial charge on any atom is 0.223 e. The van der Waals surface area contributed by atoms with Crippen molar-refractivity contribution in [2.45, 2.75) is 38.5 Å². The van der Waals surface area contributed by atoms with Gasteiger partial charge in [0.15, 0.2) is 0 Å². The molecule has 0 radical (unpaired) electrons. The van der Waals surface area contributed by atoms with Crippen molar-refractivity contribution in [2.24, 2.45) is 5.92 Å². The molecule has 3 heteroatoms. The predicted octanol–water partition coefficient (Wildman–Crippen LogP) is 3.51. The molecule has 104 valence electrons. The van der Waals surface area contributed by atoms with E-state index in [1.165, 1.54) is 34.8 Å². The molecule has 0 aliphatic heterocycles. The van der Waals surface area contributed by atoms with Gasteiger partial charge >= 0.3 is 0 Å². The van der Waals surface area contributed by atoms with Crippen molar-refractivity contribution in [3.8, 4) is 0 Å². The number of amides is 1. The number of carbonyl (C=O) groups excluding carboxylic acids is 1. The van der Waals surface area contributed by atoms with Gasteiger partial charge in [-0.05, 0) is 41.2 Å². The highest BCUT2D eigenvalue weighted by Gasteiger charge is 2.26. The molecule has 0 saturated heterocycles. The molecular formula is C16H22INO. The van der Waals surface area contributed by atoms with Gasteiger partial charge in [0.25, 0.3) is 0 Å². The van der Waals surface area contributed by atoms with Gasteiger partial charge in [-0.15, -0.1) is 0 Å². The fourth-order valence-corrected chi connectivity index (χ4v) is 3.21. The molecule has 0 saturated carbocycles. The van der Waals surface area contributed by atoms with Crippen LogP contribution in [0, 0.1) is 5.92 Å². The van der Waals surface area contributed by atoms with E-state index in [2.05, 4.69) is 52.2 Å². The van der Waals surface area contributed by atoms with E-state index in [0.717, 1.165) is 25.8 Å². The van der Waals surface area contributed by atoms with Crippen molar-refractivity contribution in [1.29, 1.82) is 0 Å². The number of hydrogen-bond donors (Lipinski definition) is 1. The lowest BCUT2D eigenvalue weighted by Gasteiger charge is -2.10. The Bertz CT molecular complexity index is 394. The first-order chi connectivity index (χ1) is 9.31. The lowest BCUT2D eigenvalue weighted by atomic mass is 10.1. The largest absolute Gasteiger partial charge is 0.356 e. The number of unbranched alkanes of at least 4 members (excludes halogenated alkanes) is 3. The predicted molar refractivity (Wildman–Crippen MR) is 87.7 cm³/mol. The highest BCUT2D eigenvalue weighted by atomic mass is 127. The fourth-order valence-electron chi connectivity index (χ4n) is 2.67. The molecule has 0 atom stereocenters. The minimum atomic E-state index is 0.159. The van der Waals surface area contributed by atoms with E-state index in [-0.39, 0.29) is 11.8 Å². The van der Waals surface area contributed by atoms with Crippen LogP contribution in [0.4, 0.5) is 0 Å². The maximum atomic E-state index is 12.1. The Balaban J connectivity index is 1.66. The molecule has 2 nitrogen and oxygen atoms in total. The van der Waals surface area contributed by atoms with Crippen LogP contribution in [0.25, 0.3) is 0 Å². The Morgan fingerprint density at radius 2 is 1.74 bits per heavy atom. The van der Waals surface area contributed by atoms with E-state index < -0.39 is 0 Å². The van der Waals surface area contributed by atoms with Crippen molar-refractivity contribution >= 4 is 28.5 Å². The van der Waals surface area contributed by atoms with Gasteiger partial charge < -0.3 is 5.32 Å². The summed E-state index contributed by atoms with van der Waals surface area (Å²) in [5, 5.41) is 3.10. The molecule has 1 amide bonds. The Morgan fingerprint density at radius 3 is 2.37 bits per heavy atom. The fraction of sp³-hybridized carbons (Fsp3) is 0.562. The second-order valence-corrected chi connectivity index (χ2v) is 6.35. The number of halogens is 1. The second kappa shape index (κ2) is 7.88. The van der Waals surface area contributed by atoms with Crippen LogP contribution < -0.4 is 5.32 Å². The topological polar surface area (TPSA) is 29.1 Å². The van der Waals surface area contributed by atoms with Crippen LogP contribution in [-0.4, -0.2) is 16.9 Å². The molecule has 1 aromatic rings. The number of carbonyl (C=O) groups is 1. The quantitative estimate of drug-likeness (QED) is 0.444. The van der Waals surface area contributed by atoms with Crippen molar-refractivity contribution in [3.05, 3.63) is 35.4 Å². The Kier molecular flexibility index (Phi) is 6.14. The lowest BCUT2D eigenvalue weighted by Crippen LogP contribution is -2.31. The van der Waals surface area contributed by atoms with E-state index >= 15 is 0 Å². The van der Waals surface area contributed by atoms with Crippen molar-refractivity contribution in [1.82, 2.24) is 5.32 Å². The van der Waals surface area contributed by atoms with Crippen LogP contribution >= 0.6 is 22.6 Å². The summed E-state index contributed by atoms with van der Waals surface area (Å²) in [6.07, 6.45) is 6.75. The molecule has 1 aromatic carbocycles. The van der Waals surface area contributed by atoms with E-state index in [9.17, 15) is 4.79 Å². The molecule has 1 N–H and O–H groups in total. The molecule has 1 aliphatic carbocycles. The zero-order chi connectivity index (χ0) is 13.5. The summed E-state index contributed by atoms with van der Waals surface area (Å²) >= 11 is 2.42. The highest BCUT2D eigenvalue weighted by Crippen LogP contribution is 2.26. The number of fused-ring (bicyclic) bond motifs is 1. The van der Waals surface area contributed by atoms with Gasteiger partial charge in [0.2, 0.25) is 5.91 Å². The normalized spacial score (nSPS) is 14.4. The van der Waals surface area contributed by atoms with Gasteiger partial charge in [-0.3, -0.25) is 4.79 Å². The highest BCUT2D eigenvalue weighted by molar-refractivity contribution is 14.1. The zero-order valence-electron chi connectivity index (χ0n) is 11.3. The summed E-state index contributed by atoms with van der Waals surface area (Å²) in [6, 6.07) is 8.41. The first kappa shape index (κ1) is 14.8. The van der Waals surface area contributed by atoms with Crippen LogP contribution in [0.5, 0.6) is 0 Å². The van der Waals surface area contributed by atoms with Gasteiger partial charge in [-0.2, -0.15) is 0 Å². The summed E-state index contributed by atoms with van der Waals surface area (Å²) in [5.41, 5.74) is 2.70. The molecule has 1 aliphatic rings. The third-order valence-corrected chi connectivity index (χ3v) is 4.54. The first-order valence-corrected chi connectivity index (χ1v) is 8.74. The Hall–Kier alpha value is -0.580. The van der Waals surface area contributed by atoms with E-state index in [1.54, 1.807) is 0 Å². The van der Waals surface area contributed by atoms with Gasteiger partial charge in [0.05, 0.1) is 0 Å². The molecule has 2 rings (SSSR count). The monoisotopic (exact) mass is 371 g/mol. The van der Waals surface area contributed by atoms with Gasteiger partial charge in [0, 0.05) is 12.5 Å². The van der Waals surface area contributed by atoms with Gasteiger partial charge in [-0.1, -0.05) is 59.7 Å². The maximum absolute atomic E-state index is 12.1. The number of alkyl halides is 1. The van der Waals surface area contributed by atoms with Crippen LogP contribution in [0.15, 0.2) is 24.3 Å². The molecule has 0 bridgehead atoms. The summed E-state index contributed by atoms with van der Waals surface area (Å²) in [5.74, 6) is 0.400. The molecule has 0 fully saturated rings. The number of rotatable bonds is 7. The average Bonchev–Trinajstić information content (AvgIpc) is 2.86. The summed E-state index contributed by atoms with van der Waals surface area (Å²) in [7, 11) is 0. The summed E-state index contributed by atoms with van der Waals surface area (Å²) < 4.78 is 1.24. The van der Waals surface area contributed by atoms with Crippen molar-refractivity contribution in [3.63, 3.8) is 0 Å².